The van der Waals surface area contributed by atoms with Gasteiger partial charge in [0.1, 0.15) is 11.5 Å². The van der Waals surface area contributed by atoms with Crippen LogP contribution in [-0.4, -0.2) is 38.5 Å². The summed E-state index contributed by atoms with van der Waals surface area (Å²) in [6.07, 6.45) is 2.50. The van der Waals surface area contributed by atoms with E-state index < -0.39 is 10.0 Å². The van der Waals surface area contributed by atoms with Crippen LogP contribution in [0.4, 0.5) is 0 Å². The standard InChI is InChI=1S/C26H28N2O4S/c1-19-4-11-24(12-5-19)33(29,30)28(18-20-6-8-22(31-2)9-7-20)15-14-21-17-27-26-13-10-23(32-3)16-25(21)26/h4-13,16-17,27H,14-15,18H2,1-3H3. The zero-order valence-electron chi connectivity index (χ0n) is 19.0. The van der Waals surface area contributed by atoms with Crippen LogP contribution in [0.25, 0.3) is 10.9 Å². The van der Waals surface area contributed by atoms with Gasteiger partial charge < -0.3 is 14.5 Å². The molecule has 0 saturated carbocycles. The van der Waals surface area contributed by atoms with Crippen molar-refractivity contribution < 1.29 is 17.9 Å². The highest BCUT2D eigenvalue weighted by molar-refractivity contribution is 7.89. The number of methoxy groups -OCH3 is 2. The van der Waals surface area contributed by atoms with Gasteiger partial charge in [0.15, 0.2) is 0 Å². The van der Waals surface area contributed by atoms with Crippen molar-refractivity contribution in [1.82, 2.24) is 9.29 Å². The lowest BCUT2D eigenvalue weighted by molar-refractivity contribution is 0.406. The van der Waals surface area contributed by atoms with Crippen molar-refractivity contribution in [3.8, 4) is 11.5 Å². The monoisotopic (exact) mass is 464 g/mol. The van der Waals surface area contributed by atoms with Crippen molar-refractivity contribution >= 4 is 20.9 Å². The average molecular weight is 465 g/mol. The Morgan fingerprint density at radius 2 is 1.55 bits per heavy atom. The van der Waals surface area contributed by atoms with E-state index in [0.29, 0.717) is 17.9 Å². The second-order valence-electron chi connectivity index (χ2n) is 7.98. The van der Waals surface area contributed by atoms with E-state index in [9.17, 15) is 8.42 Å². The third-order valence-corrected chi connectivity index (χ3v) is 7.64. The summed E-state index contributed by atoms with van der Waals surface area (Å²) in [5.41, 5.74) is 3.95. The molecule has 4 aromatic rings. The molecule has 0 aliphatic carbocycles. The molecule has 0 spiro atoms. The third kappa shape index (κ3) is 5.05. The maximum absolute atomic E-state index is 13.6. The fraction of sp³-hybridized carbons (Fsp3) is 0.231. The Hall–Kier alpha value is -3.29. The van der Waals surface area contributed by atoms with Gasteiger partial charge in [-0.25, -0.2) is 8.42 Å². The molecule has 1 N–H and O–H groups in total. The zero-order valence-corrected chi connectivity index (χ0v) is 19.9. The summed E-state index contributed by atoms with van der Waals surface area (Å²) in [5, 5.41) is 1.03. The lowest BCUT2D eigenvalue weighted by atomic mass is 10.1. The molecular formula is C26H28N2O4S. The SMILES string of the molecule is COc1ccc(CN(CCc2c[nH]c3ccc(OC)cc23)S(=O)(=O)c2ccc(C)cc2)cc1. The minimum absolute atomic E-state index is 0.270. The summed E-state index contributed by atoms with van der Waals surface area (Å²) in [7, 11) is -0.436. The zero-order chi connectivity index (χ0) is 23.4. The Morgan fingerprint density at radius 1 is 0.879 bits per heavy atom. The molecular weight excluding hydrogens is 436 g/mol. The first kappa shape index (κ1) is 22.9. The minimum Gasteiger partial charge on any atom is -0.497 e. The molecule has 0 unspecified atom stereocenters. The van der Waals surface area contributed by atoms with Crippen LogP contribution >= 0.6 is 0 Å². The second-order valence-corrected chi connectivity index (χ2v) is 9.91. The summed E-state index contributed by atoms with van der Waals surface area (Å²) in [6.45, 7) is 2.55. The lowest BCUT2D eigenvalue weighted by Gasteiger charge is -2.22. The number of aryl methyl sites for hydroxylation is 1. The van der Waals surface area contributed by atoms with Gasteiger partial charge in [0, 0.05) is 30.2 Å². The fourth-order valence-electron chi connectivity index (χ4n) is 3.81. The van der Waals surface area contributed by atoms with E-state index >= 15 is 0 Å². The van der Waals surface area contributed by atoms with Crippen molar-refractivity contribution in [2.24, 2.45) is 0 Å². The predicted octanol–water partition coefficient (Wildman–Crippen LogP) is 4.93. The first-order valence-electron chi connectivity index (χ1n) is 10.7. The molecule has 172 valence electrons. The van der Waals surface area contributed by atoms with Gasteiger partial charge in [0.25, 0.3) is 0 Å². The minimum atomic E-state index is -3.68. The summed E-state index contributed by atoms with van der Waals surface area (Å²) in [4.78, 5) is 3.56. The molecule has 1 heterocycles. The first-order chi connectivity index (χ1) is 15.9. The second kappa shape index (κ2) is 9.68. The number of sulfonamides is 1. The van der Waals surface area contributed by atoms with Crippen LogP contribution in [0.2, 0.25) is 0 Å². The number of H-pyrrole nitrogens is 1. The van der Waals surface area contributed by atoms with Gasteiger partial charge in [-0.2, -0.15) is 4.31 Å². The number of aromatic amines is 1. The quantitative estimate of drug-likeness (QED) is 0.381. The third-order valence-electron chi connectivity index (χ3n) is 5.78. The molecule has 0 bridgehead atoms. The summed E-state index contributed by atoms with van der Waals surface area (Å²) in [6, 6.07) is 20.3. The van der Waals surface area contributed by atoms with Gasteiger partial charge in [-0.1, -0.05) is 29.8 Å². The predicted molar refractivity (Wildman–Crippen MR) is 130 cm³/mol. The lowest BCUT2D eigenvalue weighted by Crippen LogP contribution is -2.32. The smallest absolute Gasteiger partial charge is 0.243 e. The largest absolute Gasteiger partial charge is 0.497 e. The number of nitrogens with one attached hydrogen (secondary N) is 1. The van der Waals surface area contributed by atoms with Gasteiger partial charge in [-0.15, -0.1) is 0 Å². The van der Waals surface area contributed by atoms with E-state index in [1.807, 2.05) is 67.7 Å². The summed E-state index contributed by atoms with van der Waals surface area (Å²) < 4.78 is 39.3. The number of rotatable bonds is 9. The Labute approximate surface area is 194 Å². The first-order valence-corrected chi connectivity index (χ1v) is 12.2. The average Bonchev–Trinajstić information content (AvgIpc) is 3.24. The molecule has 1 aromatic heterocycles. The molecule has 3 aromatic carbocycles. The molecule has 0 aliphatic rings. The molecule has 33 heavy (non-hydrogen) atoms. The van der Waals surface area contributed by atoms with Crippen LogP contribution in [0.15, 0.2) is 77.8 Å². The van der Waals surface area contributed by atoms with Crippen LogP contribution in [0.5, 0.6) is 11.5 Å². The van der Waals surface area contributed by atoms with E-state index in [1.54, 1.807) is 30.7 Å². The number of aromatic nitrogens is 1. The molecule has 0 radical (unpaired) electrons. The highest BCUT2D eigenvalue weighted by atomic mass is 32.2. The van der Waals surface area contributed by atoms with E-state index in [-0.39, 0.29) is 6.54 Å². The van der Waals surface area contributed by atoms with E-state index in [4.69, 9.17) is 9.47 Å². The Morgan fingerprint density at radius 3 is 2.21 bits per heavy atom. The highest BCUT2D eigenvalue weighted by Gasteiger charge is 2.25. The van der Waals surface area contributed by atoms with E-state index in [0.717, 1.165) is 39.1 Å². The summed E-state index contributed by atoms with van der Waals surface area (Å²) in [5.74, 6) is 1.50. The Balaban J connectivity index is 1.64. The van der Waals surface area contributed by atoms with Crippen molar-refractivity contribution in [1.29, 1.82) is 0 Å². The van der Waals surface area contributed by atoms with Gasteiger partial charge in [-0.05, 0) is 66.9 Å². The van der Waals surface area contributed by atoms with Gasteiger partial charge in [0.2, 0.25) is 10.0 Å². The highest BCUT2D eigenvalue weighted by Crippen LogP contribution is 2.26. The maximum Gasteiger partial charge on any atom is 0.243 e. The molecule has 4 rings (SSSR count). The van der Waals surface area contributed by atoms with Crippen molar-refractivity contribution in [3.63, 3.8) is 0 Å². The topological polar surface area (TPSA) is 71.6 Å². The van der Waals surface area contributed by atoms with E-state index in [1.165, 1.54) is 0 Å². The Kier molecular flexibility index (Phi) is 6.72. The number of hydrogen-bond acceptors (Lipinski definition) is 4. The molecule has 6 nitrogen and oxygen atoms in total. The number of nitrogens with zero attached hydrogens (tertiary/aromatic N) is 1. The molecule has 0 amide bonds. The van der Waals surface area contributed by atoms with Crippen LogP contribution in [0, 0.1) is 6.92 Å². The van der Waals surface area contributed by atoms with E-state index in [2.05, 4.69) is 4.98 Å². The van der Waals surface area contributed by atoms with Crippen LogP contribution in [0.3, 0.4) is 0 Å². The molecule has 0 fully saturated rings. The molecule has 0 saturated heterocycles. The fourth-order valence-corrected chi connectivity index (χ4v) is 5.24. The number of fused-ring (bicyclic) bond motifs is 1. The molecule has 0 aliphatic heterocycles. The number of benzene rings is 3. The Bertz CT molecular complexity index is 1330. The maximum atomic E-state index is 13.6. The number of ether oxygens (including phenoxy) is 2. The van der Waals surface area contributed by atoms with Crippen LogP contribution < -0.4 is 9.47 Å². The van der Waals surface area contributed by atoms with Crippen molar-refractivity contribution in [2.45, 2.75) is 24.8 Å². The molecule has 7 heteroatoms. The van der Waals surface area contributed by atoms with Crippen molar-refractivity contribution in [2.75, 3.05) is 20.8 Å². The molecule has 0 atom stereocenters. The van der Waals surface area contributed by atoms with Gasteiger partial charge in [0.05, 0.1) is 19.1 Å². The van der Waals surface area contributed by atoms with Crippen LogP contribution in [0.1, 0.15) is 16.7 Å². The summed E-state index contributed by atoms with van der Waals surface area (Å²) >= 11 is 0. The van der Waals surface area contributed by atoms with Crippen molar-refractivity contribution in [3.05, 3.63) is 89.6 Å². The van der Waals surface area contributed by atoms with Gasteiger partial charge >= 0.3 is 0 Å². The van der Waals surface area contributed by atoms with Gasteiger partial charge in [-0.3, -0.25) is 0 Å². The van der Waals surface area contributed by atoms with Crippen LogP contribution in [-0.2, 0) is 23.0 Å². The normalized spacial score (nSPS) is 11.8. The number of hydrogen-bond donors (Lipinski definition) is 1.